The molecule has 0 atom stereocenters. The van der Waals surface area contributed by atoms with Crippen molar-refractivity contribution in [2.75, 3.05) is 26.2 Å². The number of amides is 6. The zero-order valence-electron chi connectivity index (χ0n) is 42.1. The molecular weight excluding hydrogens is 875 g/mol. The lowest BCUT2D eigenvalue weighted by molar-refractivity contribution is 0.0342. The number of nitrogens with zero attached hydrogens (tertiary/aromatic N) is 5. The number of rotatable bonds is 15. The summed E-state index contributed by atoms with van der Waals surface area (Å²) in [5.74, 6) is -0.619. The minimum atomic E-state index is -1.47. The van der Waals surface area contributed by atoms with Gasteiger partial charge in [-0.15, -0.1) is 9.98 Å². The van der Waals surface area contributed by atoms with Crippen molar-refractivity contribution in [3.63, 3.8) is 0 Å². The van der Waals surface area contributed by atoms with Crippen molar-refractivity contribution < 1.29 is 62.3 Å². The fourth-order valence-electron chi connectivity index (χ4n) is 5.16. The number of alkyl carbamates (subject to hydrolysis) is 2. The fourth-order valence-corrected chi connectivity index (χ4v) is 5.16. The van der Waals surface area contributed by atoms with Gasteiger partial charge >= 0.3 is 36.6 Å². The average molecular weight is 950 g/mol. The number of aliphatic imine (C=N–C) groups is 2. The van der Waals surface area contributed by atoms with Crippen LogP contribution in [0.25, 0.3) is 0 Å². The Morgan fingerprint density at radius 3 is 1.60 bits per heavy atom. The van der Waals surface area contributed by atoms with Crippen LogP contribution in [0.2, 0.25) is 0 Å². The standard InChI is InChI=1S/C45H75N9O13/c1-41(2,3)63-35(55)49-32(46)30-23-24-31(48-29-30)62-28-22-21-27-54(40(61)67-45(13,14)15)34(52-38(58)66-44(10,11)12)53(39(59)60)26-20-18-16-17-19-25-47-33(50-36(56)64-42(4,5)6)51-37(57)65-43(7,8)9/h23-24,29H,16-22,25-28H2,1-15H3,(H,59,60)(H2,46,49,55)(H2,47,50,51,56,57)/b52-34+. The molecule has 0 radical (unpaired) electrons. The van der Waals surface area contributed by atoms with Crippen LogP contribution in [0.5, 0.6) is 5.88 Å². The molecule has 1 aromatic heterocycles. The van der Waals surface area contributed by atoms with E-state index in [1.165, 1.54) is 12.3 Å². The minimum absolute atomic E-state index is 0.122. The van der Waals surface area contributed by atoms with Crippen molar-refractivity contribution in [3.8, 4) is 5.88 Å². The molecule has 0 aromatic carbocycles. The lowest BCUT2D eigenvalue weighted by Gasteiger charge is -2.32. The third-order valence-electron chi connectivity index (χ3n) is 7.66. The molecule has 0 saturated carbocycles. The summed E-state index contributed by atoms with van der Waals surface area (Å²) in [6.07, 6.45) is -1.35. The number of hydrogen-bond acceptors (Lipinski definition) is 14. The van der Waals surface area contributed by atoms with E-state index in [9.17, 15) is 33.9 Å². The van der Waals surface area contributed by atoms with Crippen molar-refractivity contribution in [2.45, 2.75) is 177 Å². The first-order valence-electron chi connectivity index (χ1n) is 22.2. The van der Waals surface area contributed by atoms with E-state index in [-0.39, 0.29) is 43.8 Å². The van der Waals surface area contributed by atoms with Crippen molar-refractivity contribution >= 4 is 54.3 Å². The number of ether oxygens (including phenoxy) is 6. The van der Waals surface area contributed by atoms with E-state index in [2.05, 4.69) is 30.9 Å². The van der Waals surface area contributed by atoms with E-state index >= 15 is 0 Å². The zero-order valence-corrected chi connectivity index (χ0v) is 42.1. The maximum absolute atomic E-state index is 13.8. The molecule has 6 amide bonds. The highest BCUT2D eigenvalue weighted by molar-refractivity contribution is 6.05. The number of amidine groups is 1. The highest BCUT2D eigenvalue weighted by Gasteiger charge is 2.33. The summed E-state index contributed by atoms with van der Waals surface area (Å²) >= 11 is 0. The maximum Gasteiger partial charge on any atom is 0.437 e. The number of guanidine groups is 2. The Labute approximate surface area is 394 Å². The number of aromatic nitrogens is 1. The van der Waals surface area contributed by atoms with Gasteiger partial charge in [0.05, 0.1) is 6.61 Å². The summed E-state index contributed by atoms with van der Waals surface area (Å²) in [6.45, 7) is 25.2. The van der Waals surface area contributed by atoms with Crippen LogP contribution in [0.4, 0.5) is 28.8 Å². The molecule has 1 heterocycles. The molecule has 67 heavy (non-hydrogen) atoms. The molecule has 1 rings (SSSR count). The van der Waals surface area contributed by atoms with Crippen LogP contribution in [-0.2, 0) is 23.7 Å². The third-order valence-corrected chi connectivity index (χ3v) is 7.66. The Bertz CT molecular complexity index is 1890. The summed E-state index contributed by atoms with van der Waals surface area (Å²) in [7, 11) is 0. The number of carbonyl (C=O) groups is 6. The molecule has 0 aliphatic heterocycles. The van der Waals surface area contributed by atoms with E-state index in [0.29, 0.717) is 50.6 Å². The molecule has 378 valence electrons. The highest BCUT2D eigenvalue weighted by Crippen LogP contribution is 2.18. The predicted octanol–water partition coefficient (Wildman–Crippen LogP) is 8.95. The predicted molar refractivity (Wildman–Crippen MR) is 251 cm³/mol. The molecule has 0 bridgehead atoms. The lowest BCUT2D eigenvalue weighted by Crippen LogP contribution is -2.52. The van der Waals surface area contributed by atoms with Crippen LogP contribution in [0.3, 0.4) is 0 Å². The van der Waals surface area contributed by atoms with Gasteiger partial charge in [-0.05, 0) is 136 Å². The number of nitrogens with one attached hydrogen (secondary N) is 4. The molecule has 0 aliphatic rings. The molecule has 1 aromatic rings. The molecule has 5 N–H and O–H groups in total. The van der Waals surface area contributed by atoms with Crippen molar-refractivity contribution in [1.29, 1.82) is 5.41 Å². The minimum Gasteiger partial charge on any atom is -0.478 e. The smallest absolute Gasteiger partial charge is 0.437 e. The molecule has 0 unspecified atom stereocenters. The molecule has 22 nitrogen and oxygen atoms in total. The largest absolute Gasteiger partial charge is 0.478 e. The number of carboxylic acid groups (broad SMARTS) is 1. The van der Waals surface area contributed by atoms with Gasteiger partial charge in [0.1, 0.15) is 33.8 Å². The quantitative estimate of drug-likeness (QED) is 0.0475. The average Bonchev–Trinajstić information content (AvgIpc) is 3.11. The van der Waals surface area contributed by atoms with Crippen molar-refractivity contribution in [1.82, 2.24) is 30.7 Å². The Morgan fingerprint density at radius 1 is 0.612 bits per heavy atom. The second kappa shape index (κ2) is 26.2. The summed E-state index contributed by atoms with van der Waals surface area (Å²) in [4.78, 5) is 90.5. The van der Waals surface area contributed by atoms with Gasteiger partial charge in [-0.25, -0.2) is 43.6 Å². The normalized spacial score (nSPS) is 12.5. The van der Waals surface area contributed by atoms with E-state index in [4.69, 9.17) is 33.8 Å². The Morgan fingerprint density at radius 2 is 1.09 bits per heavy atom. The Balaban J connectivity index is 3.10. The van der Waals surface area contributed by atoms with Crippen LogP contribution < -0.4 is 20.7 Å². The van der Waals surface area contributed by atoms with E-state index in [1.54, 1.807) is 110 Å². The van der Waals surface area contributed by atoms with Crippen LogP contribution in [0.1, 0.15) is 154 Å². The third kappa shape index (κ3) is 28.4. The van der Waals surface area contributed by atoms with Gasteiger partial charge in [0, 0.05) is 37.5 Å². The zero-order chi connectivity index (χ0) is 51.4. The van der Waals surface area contributed by atoms with Gasteiger partial charge in [-0.1, -0.05) is 19.3 Å². The van der Waals surface area contributed by atoms with Gasteiger partial charge < -0.3 is 38.8 Å². The van der Waals surface area contributed by atoms with E-state index in [0.717, 1.165) is 9.80 Å². The number of hydrogen-bond donors (Lipinski definition) is 5. The molecule has 0 aliphatic carbocycles. The van der Waals surface area contributed by atoms with Gasteiger partial charge in [-0.2, -0.15) is 0 Å². The molecule has 0 saturated heterocycles. The molecular formula is C45H75N9O13. The lowest BCUT2D eigenvalue weighted by atomic mass is 10.1. The summed E-state index contributed by atoms with van der Waals surface area (Å²) in [6, 6.07) is 3.06. The first-order valence-corrected chi connectivity index (χ1v) is 22.2. The first-order chi connectivity index (χ1) is 30.6. The van der Waals surface area contributed by atoms with E-state index < -0.39 is 70.5 Å². The van der Waals surface area contributed by atoms with Gasteiger partial charge in [-0.3, -0.25) is 16.0 Å². The SMILES string of the molecule is CC(C)(C)OC(=O)/N=C(\NCCCCCCCN(C(=O)O)/C(=N\C(=O)OC(C)(C)C)N(CCCCOc1ccc(C(=N)NC(=O)OC(C)(C)C)cn1)C(=O)OC(C)(C)C)NC(=O)OC(C)(C)C. The maximum atomic E-state index is 13.8. The number of unbranched alkanes of at least 4 members (excludes halogenated alkanes) is 5. The molecule has 0 spiro atoms. The first kappa shape index (κ1) is 58.8. The van der Waals surface area contributed by atoms with Gasteiger partial charge in [0.15, 0.2) is 0 Å². The van der Waals surface area contributed by atoms with Gasteiger partial charge in [0.25, 0.3) is 0 Å². The van der Waals surface area contributed by atoms with Crippen molar-refractivity contribution in [2.24, 2.45) is 9.98 Å². The monoisotopic (exact) mass is 950 g/mol. The second-order valence-corrected chi connectivity index (χ2v) is 20.2. The Hall–Kier alpha value is -6.22. The summed E-state index contributed by atoms with van der Waals surface area (Å²) < 4.78 is 32.5. The Kier molecular flexibility index (Phi) is 23.0. The van der Waals surface area contributed by atoms with Crippen molar-refractivity contribution in [3.05, 3.63) is 23.9 Å². The topological polar surface area (TPSA) is 282 Å². The van der Waals surface area contributed by atoms with Crippen LogP contribution in [-0.4, -0.2) is 128 Å². The second-order valence-electron chi connectivity index (χ2n) is 20.2. The fraction of sp³-hybridized carbons (Fsp3) is 0.689. The molecule has 22 heteroatoms. The number of carbonyl (C=O) groups excluding carboxylic acids is 5. The summed E-state index contributed by atoms with van der Waals surface area (Å²) in [5.41, 5.74) is -4.02. The van der Waals surface area contributed by atoms with Crippen LogP contribution >= 0.6 is 0 Å². The van der Waals surface area contributed by atoms with Gasteiger partial charge in [0.2, 0.25) is 17.8 Å². The van der Waals surface area contributed by atoms with Crippen LogP contribution in [0, 0.1) is 5.41 Å². The van der Waals surface area contributed by atoms with E-state index in [1.807, 2.05) is 0 Å². The summed E-state index contributed by atoms with van der Waals surface area (Å²) in [5, 5.41) is 26.3. The highest BCUT2D eigenvalue weighted by atomic mass is 16.6. The molecule has 0 fully saturated rings. The number of pyridine rings is 1. The van der Waals surface area contributed by atoms with Crippen LogP contribution in [0.15, 0.2) is 28.3 Å².